The number of hydrogen-bond acceptors (Lipinski definition) is 2. The molecule has 20 heavy (non-hydrogen) atoms. The maximum Gasteiger partial charge on any atom is 0.128 e. The third-order valence-electron chi connectivity index (χ3n) is 2.85. The molecule has 0 heterocycles. The van der Waals surface area contributed by atoms with Gasteiger partial charge in [0.15, 0.2) is 0 Å². The van der Waals surface area contributed by atoms with Crippen LogP contribution in [0.1, 0.15) is 18.1 Å². The quantitative estimate of drug-likeness (QED) is 0.605. The van der Waals surface area contributed by atoms with Crippen LogP contribution in [0.5, 0.6) is 0 Å². The van der Waals surface area contributed by atoms with Gasteiger partial charge in [-0.2, -0.15) is 5.10 Å². The van der Waals surface area contributed by atoms with Gasteiger partial charge in [-0.15, -0.1) is 0 Å². The van der Waals surface area contributed by atoms with E-state index in [2.05, 4.69) is 10.5 Å². The number of nitrogens with one attached hydrogen (secondary N) is 1. The molecule has 0 aromatic heterocycles. The standard InChI is InChI=1S/C15H13Cl2FN2/c1-9-3-5-12(8-15(9)18)20-19-10(2)13-6-4-11(16)7-14(13)17/h3-8,20H,1-2H3/b19-10-. The lowest BCUT2D eigenvalue weighted by molar-refractivity contribution is 0.619. The van der Waals surface area contributed by atoms with E-state index < -0.39 is 0 Å². The second-order valence-electron chi connectivity index (χ2n) is 4.40. The molecule has 0 unspecified atom stereocenters. The second kappa shape index (κ2) is 6.25. The number of halogens is 3. The molecule has 0 aliphatic carbocycles. The van der Waals surface area contributed by atoms with E-state index >= 15 is 0 Å². The molecule has 0 atom stereocenters. The molecule has 2 rings (SSSR count). The average Bonchev–Trinajstić information content (AvgIpc) is 2.40. The molecule has 2 aromatic carbocycles. The molecule has 1 N–H and O–H groups in total. The third-order valence-corrected chi connectivity index (χ3v) is 3.39. The summed E-state index contributed by atoms with van der Waals surface area (Å²) in [6, 6.07) is 10.0. The first-order chi connectivity index (χ1) is 9.47. The number of anilines is 1. The van der Waals surface area contributed by atoms with E-state index in [9.17, 15) is 4.39 Å². The van der Waals surface area contributed by atoms with Crippen molar-refractivity contribution in [3.05, 3.63) is 63.4 Å². The van der Waals surface area contributed by atoms with Crippen LogP contribution in [0.15, 0.2) is 41.5 Å². The van der Waals surface area contributed by atoms with Crippen LogP contribution in [-0.4, -0.2) is 5.71 Å². The van der Waals surface area contributed by atoms with Gasteiger partial charge in [-0.1, -0.05) is 35.3 Å². The summed E-state index contributed by atoms with van der Waals surface area (Å²) in [6.45, 7) is 3.52. The maximum atomic E-state index is 13.4. The second-order valence-corrected chi connectivity index (χ2v) is 5.24. The van der Waals surface area contributed by atoms with E-state index in [4.69, 9.17) is 23.2 Å². The molecule has 0 saturated heterocycles. The van der Waals surface area contributed by atoms with Crippen LogP contribution in [0.2, 0.25) is 10.0 Å². The highest BCUT2D eigenvalue weighted by molar-refractivity contribution is 6.37. The van der Waals surface area contributed by atoms with Crippen molar-refractivity contribution < 1.29 is 4.39 Å². The first kappa shape index (κ1) is 14.8. The fraction of sp³-hybridized carbons (Fsp3) is 0.133. The first-order valence-electron chi connectivity index (χ1n) is 5.99. The molecule has 0 bridgehead atoms. The van der Waals surface area contributed by atoms with Crippen molar-refractivity contribution in [2.45, 2.75) is 13.8 Å². The molecule has 0 saturated carbocycles. The Morgan fingerprint density at radius 3 is 2.55 bits per heavy atom. The minimum absolute atomic E-state index is 0.271. The molecule has 0 fully saturated rings. The van der Waals surface area contributed by atoms with Gasteiger partial charge >= 0.3 is 0 Å². The summed E-state index contributed by atoms with van der Waals surface area (Å²) in [5.74, 6) is -0.271. The molecule has 0 aliphatic rings. The van der Waals surface area contributed by atoms with Gasteiger partial charge in [-0.25, -0.2) is 4.39 Å². The molecule has 0 spiro atoms. The number of hydrogen-bond donors (Lipinski definition) is 1. The van der Waals surface area contributed by atoms with Gasteiger partial charge in [0.25, 0.3) is 0 Å². The minimum atomic E-state index is -0.271. The van der Waals surface area contributed by atoms with E-state index in [1.54, 1.807) is 37.3 Å². The van der Waals surface area contributed by atoms with Crippen molar-refractivity contribution in [2.24, 2.45) is 5.10 Å². The number of benzene rings is 2. The van der Waals surface area contributed by atoms with Crippen molar-refractivity contribution in [1.29, 1.82) is 0 Å². The van der Waals surface area contributed by atoms with Crippen molar-refractivity contribution in [2.75, 3.05) is 5.43 Å². The molecule has 2 aromatic rings. The fourth-order valence-corrected chi connectivity index (χ4v) is 2.20. The van der Waals surface area contributed by atoms with Crippen molar-refractivity contribution in [1.82, 2.24) is 0 Å². The Balaban J connectivity index is 2.20. The zero-order chi connectivity index (χ0) is 14.7. The smallest absolute Gasteiger partial charge is 0.128 e. The summed E-state index contributed by atoms with van der Waals surface area (Å²) in [5, 5.41) is 5.29. The summed E-state index contributed by atoms with van der Waals surface area (Å²) in [4.78, 5) is 0. The molecular formula is C15H13Cl2FN2. The molecule has 2 nitrogen and oxygen atoms in total. The van der Waals surface area contributed by atoms with Crippen molar-refractivity contribution in [3.63, 3.8) is 0 Å². The van der Waals surface area contributed by atoms with Gasteiger partial charge in [0, 0.05) is 10.6 Å². The van der Waals surface area contributed by atoms with Crippen LogP contribution < -0.4 is 5.43 Å². The molecule has 0 aliphatic heterocycles. The maximum absolute atomic E-state index is 13.4. The summed E-state index contributed by atoms with van der Waals surface area (Å²) >= 11 is 11.9. The van der Waals surface area contributed by atoms with Crippen LogP contribution >= 0.6 is 23.2 Å². The topological polar surface area (TPSA) is 24.4 Å². The third kappa shape index (κ3) is 3.50. The Morgan fingerprint density at radius 1 is 1.15 bits per heavy atom. The fourth-order valence-electron chi connectivity index (χ4n) is 1.65. The number of rotatable bonds is 3. The zero-order valence-electron chi connectivity index (χ0n) is 11.0. The van der Waals surface area contributed by atoms with Gasteiger partial charge in [-0.3, -0.25) is 5.43 Å². The normalized spacial score (nSPS) is 11.6. The van der Waals surface area contributed by atoms with Gasteiger partial charge in [0.2, 0.25) is 0 Å². The predicted octanol–water partition coefficient (Wildman–Crippen LogP) is 5.28. The number of nitrogens with zero attached hydrogens (tertiary/aromatic N) is 1. The Bertz CT molecular complexity index is 669. The van der Waals surface area contributed by atoms with Gasteiger partial charge in [0.05, 0.1) is 16.4 Å². The van der Waals surface area contributed by atoms with Crippen molar-refractivity contribution >= 4 is 34.6 Å². The largest absolute Gasteiger partial charge is 0.278 e. The van der Waals surface area contributed by atoms with Crippen LogP contribution in [0.3, 0.4) is 0 Å². The average molecular weight is 311 g/mol. The van der Waals surface area contributed by atoms with Crippen LogP contribution in [-0.2, 0) is 0 Å². The van der Waals surface area contributed by atoms with Crippen LogP contribution in [0, 0.1) is 12.7 Å². The highest BCUT2D eigenvalue weighted by Gasteiger charge is 2.05. The van der Waals surface area contributed by atoms with Gasteiger partial charge < -0.3 is 0 Å². The molecule has 104 valence electrons. The number of aryl methyl sites for hydroxylation is 1. The van der Waals surface area contributed by atoms with Crippen LogP contribution in [0.4, 0.5) is 10.1 Å². The first-order valence-corrected chi connectivity index (χ1v) is 6.75. The summed E-state index contributed by atoms with van der Waals surface area (Å²) in [7, 11) is 0. The lowest BCUT2D eigenvalue weighted by Crippen LogP contribution is -2.01. The van der Waals surface area contributed by atoms with E-state index in [0.717, 1.165) is 5.56 Å². The molecule has 5 heteroatoms. The van der Waals surface area contributed by atoms with Crippen molar-refractivity contribution in [3.8, 4) is 0 Å². The van der Waals surface area contributed by atoms with E-state index in [1.165, 1.54) is 6.07 Å². The summed E-state index contributed by atoms with van der Waals surface area (Å²) in [6.07, 6.45) is 0. The SMILES string of the molecule is C/C(=N/Nc1ccc(C)c(F)c1)c1ccc(Cl)cc1Cl. The Kier molecular flexibility index (Phi) is 4.63. The molecule has 0 radical (unpaired) electrons. The Labute approximate surface area is 127 Å². The predicted molar refractivity (Wildman–Crippen MR) is 83.4 cm³/mol. The van der Waals surface area contributed by atoms with E-state index in [-0.39, 0.29) is 5.82 Å². The van der Waals surface area contributed by atoms with Gasteiger partial charge in [0.1, 0.15) is 5.82 Å². The Hall–Kier alpha value is -1.58. The Morgan fingerprint density at radius 2 is 1.90 bits per heavy atom. The monoisotopic (exact) mass is 310 g/mol. The molecule has 0 amide bonds. The number of hydrazone groups is 1. The minimum Gasteiger partial charge on any atom is -0.278 e. The highest BCUT2D eigenvalue weighted by Crippen LogP contribution is 2.22. The molecular weight excluding hydrogens is 298 g/mol. The van der Waals surface area contributed by atoms with E-state index in [0.29, 0.717) is 27.0 Å². The van der Waals surface area contributed by atoms with Gasteiger partial charge in [-0.05, 0) is 43.7 Å². The van der Waals surface area contributed by atoms with Crippen LogP contribution in [0.25, 0.3) is 0 Å². The zero-order valence-corrected chi connectivity index (χ0v) is 12.6. The highest BCUT2D eigenvalue weighted by atomic mass is 35.5. The summed E-state index contributed by atoms with van der Waals surface area (Å²) < 4.78 is 13.4. The summed E-state index contributed by atoms with van der Waals surface area (Å²) in [5.41, 5.74) is 5.45. The lowest BCUT2D eigenvalue weighted by atomic mass is 10.1. The lowest BCUT2D eigenvalue weighted by Gasteiger charge is -2.06. The van der Waals surface area contributed by atoms with E-state index in [1.807, 2.05) is 6.92 Å².